The lowest BCUT2D eigenvalue weighted by atomic mass is 10.1. The number of ketones is 1. The fourth-order valence-corrected chi connectivity index (χ4v) is 0.981. The molecule has 1 saturated heterocycles. The van der Waals surface area contributed by atoms with Crippen LogP contribution in [0, 0.1) is 0 Å². The minimum absolute atomic E-state index is 0.325. The molecule has 0 aromatic carbocycles. The van der Waals surface area contributed by atoms with Gasteiger partial charge >= 0.3 is 0 Å². The van der Waals surface area contributed by atoms with Gasteiger partial charge in [-0.1, -0.05) is 0 Å². The summed E-state index contributed by atoms with van der Waals surface area (Å²) in [5.74, 6) is 0.325. The molecule has 1 unspecified atom stereocenters. The molecule has 0 bridgehead atoms. The molecular formula is C8H15NO2. The number of Topliss-reactive ketones (excluding diaryl/α,β-unsaturated/α-hetero) is 1. The lowest BCUT2D eigenvalue weighted by molar-refractivity contribution is -0.119. The predicted molar refractivity (Wildman–Crippen MR) is 42.3 cm³/mol. The van der Waals surface area contributed by atoms with E-state index in [2.05, 4.69) is 0 Å². The number of carbonyl (C=O) groups is 1. The van der Waals surface area contributed by atoms with Crippen molar-refractivity contribution in [2.75, 3.05) is 13.2 Å². The molecule has 1 rings (SSSR count). The predicted octanol–water partition coefficient (Wildman–Crippen LogP) is 0.473. The summed E-state index contributed by atoms with van der Waals surface area (Å²) in [4.78, 5) is 11.0. The largest absolute Gasteiger partial charge is 0.373 e. The van der Waals surface area contributed by atoms with Gasteiger partial charge in [0, 0.05) is 12.8 Å². The van der Waals surface area contributed by atoms with Gasteiger partial charge in [0.1, 0.15) is 5.78 Å². The van der Waals surface area contributed by atoms with E-state index in [0.29, 0.717) is 31.3 Å². The van der Waals surface area contributed by atoms with Gasteiger partial charge in [0.25, 0.3) is 0 Å². The summed E-state index contributed by atoms with van der Waals surface area (Å²) in [6.07, 6.45) is 3.43. The minimum atomic E-state index is 0.325. The maximum atomic E-state index is 11.0. The minimum Gasteiger partial charge on any atom is -0.373 e. The molecule has 1 heterocycles. The van der Waals surface area contributed by atoms with Crippen molar-refractivity contribution in [3.05, 3.63) is 0 Å². The van der Waals surface area contributed by atoms with Gasteiger partial charge in [-0.05, 0) is 19.4 Å². The first kappa shape index (κ1) is 8.68. The number of hydrogen-bond donors (Lipinski definition) is 1. The van der Waals surface area contributed by atoms with E-state index in [1.54, 1.807) is 0 Å². The summed E-state index contributed by atoms with van der Waals surface area (Å²) in [7, 11) is 0. The Morgan fingerprint density at radius 1 is 1.55 bits per heavy atom. The van der Waals surface area contributed by atoms with Crippen molar-refractivity contribution in [1.29, 1.82) is 0 Å². The summed E-state index contributed by atoms with van der Waals surface area (Å²) in [6, 6.07) is 0. The number of epoxide rings is 1. The van der Waals surface area contributed by atoms with Crippen molar-refractivity contribution in [1.82, 2.24) is 0 Å². The smallest absolute Gasteiger partial charge is 0.133 e. The maximum Gasteiger partial charge on any atom is 0.133 e. The van der Waals surface area contributed by atoms with Crippen LogP contribution in [-0.2, 0) is 9.53 Å². The van der Waals surface area contributed by atoms with Gasteiger partial charge in [-0.15, -0.1) is 0 Å². The average Bonchev–Trinajstić information content (AvgIpc) is 2.80. The Labute approximate surface area is 66.9 Å². The molecule has 2 N–H and O–H groups in total. The highest BCUT2D eigenvalue weighted by molar-refractivity contribution is 5.78. The third kappa shape index (κ3) is 4.11. The Hall–Kier alpha value is -0.410. The molecule has 0 saturated carbocycles. The highest BCUT2D eigenvalue weighted by Gasteiger charge is 2.22. The molecular weight excluding hydrogens is 142 g/mol. The number of carbonyl (C=O) groups excluding carboxylic acids is 1. The van der Waals surface area contributed by atoms with Crippen molar-refractivity contribution in [3.63, 3.8) is 0 Å². The van der Waals surface area contributed by atoms with Crippen LogP contribution in [0.5, 0.6) is 0 Å². The maximum absolute atomic E-state index is 11.0. The highest BCUT2D eigenvalue weighted by atomic mass is 16.6. The van der Waals surface area contributed by atoms with Crippen LogP contribution in [-0.4, -0.2) is 25.0 Å². The van der Waals surface area contributed by atoms with Crippen molar-refractivity contribution in [2.24, 2.45) is 5.73 Å². The topological polar surface area (TPSA) is 55.6 Å². The second-order valence-corrected chi connectivity index (χ2v) is 2.92. The molecule has 3 nitrogen and oxygen atoms in total. The fraction of sp³-hybridized carbons (Fsp3) is 0.875. The van der Waals surface area contributed by atoms with E-state index in [9.17, 15) is 4.79 Å². The summed E-state index contributed by atoms with van der Waals surface area (Å²) < 4.78 is 4.99. The van der Waals surface area contributed by atoms with Crippen molar-refractivity contribution >= 4 is 5.78 Å². The van der Waals surface area contributed by atoms with Gasteiger partial charge in [-0.3, -0.25) is 4.79 Å². The van der Waals surface area contributed by atoms with E-state index in [4.69, 9.17) is 10.5 Å². The van der Waals surface area contributed by atoms with Gasteiger partial charge in [0.05, 0.1) is 12.7 Å². The lowest BCUT2D eigenvalue weighted by Crippen LogP contribution is -2.05. The average molecular weight is 157 g/mol. The van der Waals surface area contributed by atoms with Crippen molar-refractivity contribution < 1.29 is 9.53 Å². The molecule has 11 heavy (non-hydrogen) atoms. The molecule has 1 fully saturated rings. The van der Waals surface area contributed by atoms with E-state index < -0.39 is 0 Å². The van der Waals surface area contributed by atoms with Crippen LogP contribution in [0.2, 0.25) is 0 Å². The van der Waals surface area contributed by atoms with Crippen LogP contribution in [0.4, 0.5) is 0 Å². The van der Waals surface area contributed by atoms with Crippen molar-refractivity contribution in [2.45, 2.75) is 31.8 Å². The number of rotatable bonds is 6. The van der Waals surface area contributed by atoms with Gasteiger partial charge in [0.2, 0.25) is 0 Å². The van der Waals surface area contributed by atoms with Crippen LogP contribution < -0.4 is 5.73 Å². The molecule has 1 aliphatic heterocycles. The number of ether oxygens (including phenoxy) is 1. The fourth-order valence-electron chi connectivity index (χ4n) is 0.981. The standard InChI is InChI=1S/C8H15NO2/c9-5-1-2-7(10)3-4-8-6-11-8/h8H,1-6,9H2. The van der Waals surface area contributed by atoms with Gasteiger partial charge in [-0.25, -0.2) is 0 Å². The molecule has 0 aromatic heterocycles. The van der Waals surface area contributed by atoms with Crippen LogP contribution >= 0.6 is 0 Å². The highest BCUT2D eigenvalue weighted by Crippen LogP contribution is 2.15. The quantitative estimate of drug-likeness (QED) is 0.570. The molecule has 0 amide bonds. The molecule has 1 aliphatic rings. The number of nitrogens with two attached hydrogens (primary N) is 1. The summed E-state index contributed by atoms with van der Waals surface area (Å²) in [5.41, 5.74) is 5.27. The molecule has 1 atom stereocenters. The third-order valence-electron chi connectivity index (χ3n) is 1.81. The van der Waals surface area contributed by atoms with Gasteiger partial charge in [-0.2, -0.15) is 0 Å². The van der Waals surface area contributed by atoms with E-state index in [1.165, 1.54) is 0 Å². The molecule has 0 aromatic rings. The second kappa shape index (κ2) is 4.46. The van der Waals surface area contributed by atoms with Crippen molar-refractivity contribution in [3.8, 4) is 0 Å². The Balaban J connectivity index is 1.91. The van der Waals surface area contributed by atoms with E-state index in [0.717, 1.165) is 19.4 Å². The SMILES string of the molecule is NCCCC(=O)CCC1CO1. The Morgan fingerprint density at radius 3 is 2.82 bits per heavy atom. The first-order chi connectivity index (χ1) is 5.33. The van der Waals surface area contributed by atoms with Gasteiger partial charge < -0.3 is 10.5 Å². The molecule has 0 aliphatic carbocycles. The normalized spacial score (nSPS) is 21.7. The Kier molecular flexibility index (Phi) is 3.52. The van der Waals surface area contributed by atoms with Crippen LogP contribution in [0.1, 0.15) is 25.7 Å². The lowest BCUT2D eigenvalue weighted by Gasteiger charge is -1.96. The van der Waals surface area contributed by atoms with Crippen LogP contribution in [0.3, 0.4) is 0 Å². The molecule has 0 radical (unpaired) electrons. The van der Waals surface area contributed by atoms with E-state index in [1.807, 2.05) is 0 Å². The second-order valence-electron chi connectivity index (χ2n) is 2.92. The van der Waals surface area contributed by atoms with Gasteiger partial charge in [0.15, 0.2) is 0 Å². The Bertz CT molecular complexity index is 132. The summed E-state index contributed by atoms with van der Waals surface area (Å²) in [5, 5.41) is 0. The zero-order valence-electron chi connectivity index (χ0n) is 6.71. The molecule has 64 valence electrons. The summed E-state index contributed by atoms with van der Waals surface area (Å²) >= 11 is 0. The van der Waals surface area contributed by atoms with E-state index in [-0.39, 0.29) is 0 Å². The zero-order valence-corrected chi connectivity index (χ0v) is 6.71. The molecule has 3 heteroatoms. The Morgan fingerprint density at radius 2 is 2.27 bits per heavy atom. The van der Waals surface area contributed by atoms with Crippen LogP contribution in [0.15, 0.2) is 0 Å². The monoisotopic (exact) mass is 157 g/mol. The third-order valence-corrected chi connectivity index (χ3v) is 1.81. The van der Waals surface area contributed by atoms with Crippen LogP contribution in [0.25, 0.3) is 0 Å². The van der Waals surface area contributed by atoms with E-state index >= 15 is 0 Å². The first-order valence-corrected chi connectivity index (χ1v) is 4.16. The number of hydrogen-bond acceptors (Lipinski definition) is 3. The zero-order chi connectivity index (χ0) is 8.10. The molecule has 0 spiro atoms. The summed E-state index contributed by atoms with van der Waals surface area (Å²) in [6.45, 7) is 1.47. The first-order valence-electron chi connectivity index (χ1n) is 4.16.